The Morgan fingerprint density at radius 3 is 2.48 bits per heavy atom. The molecule has 0 radical (unpaired) electrons. The predicted octanol–water partition coefficient (Wildman–Crippen LogP) is 5.40. The number of rotatable bonds is 8. The third kappa shape index (κ3) is 5.41. The van der Waals surface area contributed by atoms with Crippen LogP contribution in [0.5, 0.6) is 0 Å². The van der Waals surface area contributed by atoms with E-state index in [0.717, 1.165) is 18.4 Å². The van der Waals surface area contributed by atoms with Crippen LogP contribution in [-0.2, 0) is 24.2 Å². The monoisotopic (exact) mass is 371 g/mol. The van der Waals surface area contributed by atoms with Gasteiger partial charge in [0.2, 0.25) is 0 Å². The van der Waals surface area contributed by atoms with Crippen molar-refractivity contribution in [3.63, 3.8) is 0 Å². The lowest BCUT2D eigenvalue weighted by atomic mass is 10.1. The highest BCUT2D eigenvalue weighted by Gasteiger charge is 2.11. The fraction of sp³-hybridized carbons (Fsp3) is 0.238. The van der Waals surface area contributed by atoms with Crippen molar-refractivity contribution >= 4 is 22.9 Å². The molecule has 1 heterocycles. The fourth-order valence-corrected chi connectivity index (χ4v) is 3.88. The van der Waals surface area contributed by atoms with Gasteiger partial charge in [-0.15, -0.1) is 11.3 Å². The molecule has 0 saturated carbocycles. The molecule has 3 aromatic rings. The first-order chi connectivity index (χ1) is 12.2. The van der Waals surface area contributed by atoms with Crippen LogP contribution >= 0.6 is 22.9 Å². The van der Waals surface area contributed by atoms with Gasteiger partial charge in [0.05, 0.1) is 12.7 Å². The molecule has 2 nitrogen and oxygen atoms in total. The molecule has 2 N–H and O–H groups in total. The van der Waals surface area contributed by atoms with Crippen molar-refractivity contribution in [1.29, 1.82) is 0 Å². The Labute approximate surface area is 158 Å². The van der Waals surface area contributed by atoms with Gasteiger partial charge in [0.25, 0.3) is 0 Å². The van der Waals surface area contributed by atoms with Crippen LogP contribution in [0.3, 0.4) is 0 Å². The van der Waals surface area contributed by atoms with Crippen LogP contribution in [0.2, 0.25) is 5.02 Å². The van der Waals surface area contributed by atoms with Gasteiger partial charge in [-0.25, -0.2) is 0 Å². The third-order valence-corrected chi connectivity index (χ3v) is 5.44. The van der Waals surface area contributed by atoms with E-state index < -0.39 is 0 Å². The molecular weight excluding hydrogens is 350 g/mol. The van der Waals surface area contributed by atoms with Gasteiger partial charge in [0.15, 0.2) is 0 Å². The Hall–Kier alpha value is -1.65. The molecule has 0 spiro atoms. The largest absolute Gasteiger partial charge is 0.367 e. The van der Waals surface area contributed by atoms with Gasteiger partial charge >= 0.3 is 0 Å². The second kappa shape index (κ2) is 9.16. The Morgan fingerprint density at radius 2 is 1.72 bits per heavy atom. The van der Waals surface area contributed by atoms with Crippen molar-refractivity contribution < 1.29 is 4.74 Å². The molecule has 1 aromatic heterocycles. The highest BCUT2D eigenvalue weighted by molar-refractivity contribution is 7.11. The summed E-state index contributed by atoms with van der Waals surface area (Å²) in [5.74, 6) is 0. The summed E-state index contributed by atoms with van der Waals surface area (Å²) in [6, 6.07) is 22.6. The minimum atomic E-state index is -0.131. The summed E-state index contributed by atoms with van der Waals surface area (Å²) in [6.07, 6.45) is 1.99. The molecule has 0 bridgehead atoms. The van der Waals surface area contributed by atoms with Crippen LogP contribution in [0, 0.1) is 0 Å². The number of hydrogen-bond acceptors (Lipinski definition) is 3. The van der Waals surface area contributed by atoms with Crippen molar-refractivity contribution in [2.24, 2.45) is 5.73 Å². The minimum absolute atomic E-state index is 0.131. The maximum atomic E-state index is 6.06. The Bertz CT molecular complexity index is 787. The number of halogens is 1. The van der Waals surface area contributed by atoms with Crippen molar-refractivity contribution in [3.8, 4) is 0 Å². The van der Waals surface area contributed by atoms with Crippen LogP contribution in [0.25, 0.3) is 0 Å². The number of hydrogen-bond donors (Lipinski definition) is 1. The summed E-state index contributed by atoms with van der Waals surface area (Å²) in [6.45, 7) is 1.01. The van der Waals surface area contributed by atoms with E-state index in [4.69, 9.17) is 22.1 Å². The molecule has 1 atom stereocenters. The number of nitrogens with two attached hydrogens (primary N) is 1. The first kappa shape index (κ1) is 18.2. The number of benzene rings is 2. The van der Waals surface area contributed by atoms with E-state index in [-0.39, 0.29) is 6.10 Å². The van der Waals surface area contributed by atoms with Crippen LogP contribution < -0.4 is 5.73 Å². The molecule has 1 unspecified atom stereocenters. The van der Waals surface area contributed by atoms with Gasteiger partial charge in [-0.1, -0.05) is 54.1 Å². The predicted molar refractivity (Wildman–Crippen MR) is 106 cm³/mol. The van der Waals surface area contributed by atoms with Crippen LogP contribution in [0.15, 0.2) is 66.7 Å². The molecule has 130 valence electrons. The maximum absolute atomic E-state index is 6.06. The molecule has 3 rings (SSSR count). The zero-order valence-corrected chi connectivity index (χ0v) is 15.6. The van der Waals surface area contributed by atoms with E-state index in [2.05, 4.69) is 42.5 Å². The normalized spacial score (nSPS) is 12.2. The van der Waals surface area contributed by atoms with E-state index in [0.29, 0.717) is 18.2 Å². The smallest absolute Gasteiger partial charge is 0.0952 e. The molecule has 0 aliphatic carbocycles. The standard InChI is InChI=1S/C21H22ClNOS/c22-18-8-4-7-17(13-18)21(14-23)24-15-20-12-11-19(25-20)10-9-16-5-2-1-3-6-16/h1-8,11-13,21H,9-10,14-15,23H2. The Morgan fingerprint density at radius 1 is 0.920 bits per heavy atom. The lowest BCUT2D eigenvalue weighted by molar-refractivity contribution is 0.0473. The number of aryl methyl sites for hydroxylation is 2. The van der Waals surface area contributed by atoms with Gasteiger partial charge in [0, 0.05) is 21.3 Å². The van der Waals surface area contributed by atoms with Crippen molar-refractivity contribution in [2.45, 2.75) is 25.6 Å². The molecular formula is C21H22ClNOS. The fourth-order valence-electron chi connectivity index (χ4n) is 2.74. The first-order valence-electron chi connectivity index (χ1n) is 8.43. The summed E-state index contributed by atoms with van der Waals surface area (Å²) in [7, 11) is 0. The molecule has 4 heteroatoms. The Kier molecular flexibility index (Phi) is 6.65. The van der Waals surface area contributed by atoms with Gasteiger partial charge in [-0.2, -0.15) is 0 Å². The summed E-state index contributed by atoms with van der Waals surface area (Å²) in [4.78, 5) is 2.61. The van der Waals surface area contributed by atoms with Crippen LogP contribution in [-0.4, -0.2) is 6.54 Å². The molecule has 0 fully saturated rings. The topological polar surface area (TPSA) is 35.2 Å². The summed E-state index contributed by atoms with van der Waals surface area (Å²) >= 11 is 7.87. The summed E-state index contributed by atoms with van der Waals surface area (Å²) in [5.41, 5.74) is 8.27. The molecule has 2 aromatic carbocycles. The molecule has 0 saturated heterocycles. The molecule has 0 aliphatic heterocycles. The van der Waals surface area contributed by atoms with Gasteiger partial charge < -0.3 is 10.5 Å². The van der Waals surface area contributed by atoms with E-state index in [1.165, 1.54) is 15.3 Å². The third-order valence-electron chi connectivity index (χ3n) is 4.08. The van der Waals surface area contributed by atoms with Gasteiger partial charge in [-0.3, -0.25) is 0 Å². The van der Waals surface area contributed by atoms with Gasteiger partial charge in [-0.05, 0) is 48.2 Å². The summed E-state index contributed by atoms with van der Waals surface area (Å²) in [5, 5.41) is 0.707. The van der Waals surface area contributed by atoms with Crippen LogP contribution in [0.1, 0.15) is 27.0 Å². The van der Waals surface area contributed by atoms with E-state index in [1.54, 1.807) is 0 Å². The lowest BCUT2D eigenvalue weighted by Gasteiger charge is -2.16. The van der Waals surface area contributed by atoms with Crippen molar-refractivity contribution in [3.05, 3.63) is 92.6 Å². The quantitative estimate of drug-likeness (QED) is 0.575. The SMILES string of the molecule is NCC(OCc1ccc(CCc2ccccc2)s1)c1cccc(Cl)c1. The van der Waals surface area contributed by atoms with E-state index in [1.807, 2.05) is 35.6 Å². The first-order valence-corrected chi connectivity index (χ1v) is 9.62. The average Bonchev–Trinajstić information content (AvgIpc) is 3.09. The minimum Gasteiger partial charge on any atom is -0.367 e. The molecule has 0 aliphatic rings. The zero-order chi connectivity index (χ0) is 17.5. The summed E-state index contributed by atoms with van der Waals surface area (Å²) < 4.78 is 6.02. The van der Waals surface area contributed by atoms with Crippen LogP contribution in [0.4, 0.5) is 0 Å². The van der Waals surface area contributed by atoms with Gasteiger partial charge in [0.1, 0.15) is 0 Å². The van der Waals surface area contributed by atoms with Crippen molar-refractivity contribution in [1.82, 2.24) is 0 Å². The van der Waals surface area contributed by atoms with Crippen molar-refractivity contribution in [2.75, 3.05) is 6.54 Å². The van der Waals surface area contributed by atoms with E-state index in [9.17, 15) is 0 Å². The molecule has 25 heavy (non-hydrogen) atoms. The second-order valence-electron chi connectivity index (χ2n) is 5.94. The zero-order valence-electron chi connectivity index (χ0n) is 14.0. The number of thiophene rings is 1. The maximum Gasteiger partial charge on any atom is 0.0952 e. The highest BCUT2D eigenvalue weighted by Crippen LogP contribution is 2.24. The number of ether oxygens (including phenoxy) is 1. The highest BCUT2D eigenvalue weighted by atomic mass is 35.5. The second-order valence-corrected chi connectivity index (χ2v) is 7.63. The van der Waals surface area contributed by atoms with E-state index >= 15 is 0 Å². The molecule has 0 amide bonds. The lowest BCUT2D eigenvalue weighted by Crippen LogP contribution is -2.15. The average molecular weight is 372 g/mol. The Balaban J connectivity index is 1.54.